The largest absolute Gasteiger partial charge is 0.326 e. The highest BCUT2D eigenvalue weighted by Gasteiger charge is 2.28. The molecule has 0 spiro atoms. The lowest BCUT2D eigenvalue weighted by atomic mass is 10.1. The molecule has 2 N–H and O–H groups in total. The first-order valence-corrected chi connectivity index (χ1v) is 5.60. The second-order valence-corrected chi connectivity index (χ2v) is 4.57. The van der Waals surface area contributed by atoms with Gasteiger partial charge in [0, 0.05) is 25.2 Å². The van der Waals surface area contributed by atoms with Crippen LogP contribution in [0.2, 0.25) is 0 Å². The lowest BCUT2D eigenvalue weighted by Crippen LogP contribution is -2.28. The number of hydrogen-bond donors (Lipinski definition) is 1. The van der Waals surface area contributed by atoms with E-state index >= 15 is 0 Å². The number of nitrogens with two attached hydrogens (primary N) is 1. The summed E-state index contributed by atoms with van der Waals surface area (Å²) < 4.78 is 0. The van der Waals surface area contributed by atoms with Crippen molar-refractivity contribution in [2.45, 2.75) is 32.2 Å². The number of aromatic nitrogens is 1. The monoisotopic (exact) mass is 219 g/mol. The molecular weight excluding hydrogens is 202 g/mol. The Labute approximate surface area is 95.5 Å². The van der Waals surface area contributed by atoms with Crippen molar-refractivity contribution in [3.63, 3.8) is 0 Å². The van der Waals surface area contributed by atoms with Crippen molar-refractivity contribution in [3.05, 3.63) is 23.9 Å². The van der Waals surface area contributed by atoms with Gasteiger partial charge in [-0.25, -0.2) is 4.98 Å². The van der Waals surface area contributed by atoms with Gasteiger partial charge in [-0.15, -0.1) is 0 Å². The molecule has 4 heteroatoms. The van der Waals surface area contributed by atoms with Gasteiger partial charge >= 0.3 is 0 Å². The summed E-state index contributed by atoms with van der Waals surface area (Å²) in [6, 6.07) is 3.90. The lowest BCUT2D eigenvalue weighted by molar-refractivity contribution is -0.117. The number of nitrogens with zero attached hydrogens (tertiary/aromatic N) is 2. The van der Waals surface area contributed by atoms with E-state index in [0.29, 0.717) is 18.9 Å². The van der Waals surface area contributed by atoms with Crippen molar-refractivity contribution in [2.75, 3.05) is 11.4 Å². The summed E-state index contributed by atoms with van der Waals surface area (Å²) in [5, 5.41) is 0. The lowest BCUT2D eigenvalue weighted by Gasteiger charge is -2.16. The first kappa shape index (κ1) is 11.1. The number of carbonyl (C=O) groups excluding carboxylic acids is 1. The Kier molecular flexibility index (Phi) is 2.92. The summed E-state index contributed by atoms with van der Waals surface area (Å²) in [5.74, 6) is 1.23. The van der Waals surface area contributed by atoms with Gasteiger partial charge in [-0.2, -0.15) is 0 Å². The first-order valence-electron chi connectivity index (χ1n) is 5.60. The van der Waals surface area contributed by atoms with Crippen molar-refractivity contribution in [1.82, 2.24) is 4.98 Å². The summed E-state index contributed by atoms with van der Waals surface area (Å²) >= 11 is 0. The highest BCUT2D eigenvalue weighted by atomic mass is 16.2. The SMILES string of the molecule is CC(C)c1ccnc(N2CC(N)CC2=O)c1. The molecule has 0 aliphatic carbocycles. The van der Waals surface area contributed by atoms with E-state index in [0.717, 1.165) is 5.82 Å². The zero-order chi connectivity index (χ0) is 11.7. The third kappa shape index (κ3) is 2.07. The van der Waals surface area contributed by atoms with Crippen LogP contribution < -0.4 is 10.6 Å². The van der Waals surface area contributed by atoms with Crippen LogP contribution in [-0.2, 0) is 4.79 Å². The van der Waals surface area contributed by atoms with Crippen molar-refractivity contribution in [2.24, 2.45) is 5.73 Å². The predicted molar refractivity (Wildman–Crippen MR) is 63.3 cm³/mol. The van der Waals surface area contributed by atoms with Crippen LogP contribution in [0.15, 0.2) is 18.3 Å². The normalized spacial score (nSPS) is 20.9. The Bertz CT molecular complexity index is 403. The average molecular weight is 219 g/mol. The van der Waals surface area contributed by atoms with E-state index in [9.17, 15) is 4.79 Å². The standard InChI is InChI=1S/C12H17N3O/c1-8(2)9-3-4-14-11(5-9)15-7-10(13)6-12(15)16/h3-5,8,10H,6-7,13H2,1-2H3. The topological polar surface area (TPSA) is 59.2 Å². The highest BCUT2D eigenvalue weighted by Crippen LogP contribution is 2.22. The van der Waals surface area contributed by atoms with Crippen LogP contribution in [0.3, 0.4) is 0 Å². The minimum Gasteiger partial charge on any atom is -0.326 e. The molecule has 2 heterocycles. The van der Waals surface area contributed by atoms with Crippen LogP contribution in [0.1, 0.15) is 31.7 Å². The number of hydrogen-bond acceptors (Lipinski definition) is 3. The van der Waals surface area contributed by atoms with E-state index in [2.05, 4.69) is 18.8 Å². The summed E-state index contributed by atoms with van der Waals surface area (Å²) in [4.78, 5) is 17.6. The van der Waals surface area contributed by atoms with Crippen LogP contribution >= 0.6 is 0 Å². The molecule has 1 aromatic rings. The Hall–Kier alpha value is -1.42. The molecule has 0 saturated carbocycles. The van der Waals surface area contributed by atoms with Gasteiger partial charge in [0.1, 0.15) is 5.82 Å². The molecule has 0 bridgehead atoms. The Morgan fingerprint density at radius 1 is 1.56 bits per heavy atom. The van der Waals surface area contributed by atoms with Gasteiger partial charge in [-0.3, -0.25) is 9.69 Å². The zero-order valence-corrected chi connectivity index (χ0v) is 9.68. The van der Waals surface area contributed by atoms with E-state index < -0.39 is 0 Å². The molecule has 4 nitrogen and oxygen atoms in total. The Balaban J connectivity index is 2.27. The van der Waals surface area contributed by atoms with Gasteiger partial charge in [-0.1, -0.05) is 13.8 Å². The van der Waals surface area contributed by atoms with E-state index in [4.69, 9.17) is 5.73 Å². The third-order valence-electron chi connectivity index (χ3n) is 2.87. The number of anilines is 1. The average Bonchev–Trinajstić information content (AvgIpc) is 2.58. The van der Waals surface area contributed by atoms with Crippen molar-refractivity contribution in [1.29, 1.82) is 0 Å². The summed E-state index contributed by atoms with van der Waals surface area (Å²) in [7, 11) is 0. The fourth-order valence-electron chi connectivity index (χ4n) is 1.90. The molecule has 0 aromatic carbocycles. The number of amides is 1. The van der Waals surface area contributed by atoms with Crippen molar-refractivity contribution < 1.29 is 4.79 Å². The Morgan fingerprint density at radius 2 is 2.31 bits per heavy atom. The predicted octanol–water partition coefficient (Wildman–Crippen LogP) is 1.27. The van der Waals surface area contributed by atoms with Gasteiger partial charge in [0.05, 0.1) is 0 Å². The summed E-state index contributed by atoms with van der Waals surface area (Å²) in [6.07, 6.45) is 2.18. The number of rotatable bonds is 2. The number of carbonyl (C=O) groups is 1. The second kappa shape index (κ2) is 4.22. The van der Waals surface area contributed by atoms with Gasteiger partial charge in [0.25, 0.3) is 0 Å². The van der Waals surface area contributed by atoms with Crippen LogP contribution in [0, 0.1) is 0 Å². The maximum Gasteiger partial charge on any atom is 0.229 e. The molecule has 0 radical (unpaired) electrons. The molecule has 16 heavy (non-hydrogen) atoms. The molecular formula is C12H17N3O. The fraction of sp³-hybridized carbons (Fsp3) is 0.500. The molecule has 1 saturated heterocycles. The van der Waals surface area contributed by atoms with E-state index in [-0.39, 0.29) is 11.9 Å². The molecule has 1 amide bonds. The van der Waals surface area contributed by atoms with Crippen LogP contribution in [0.4, 0.5) is 5.82 Å². The maximum absolute atomic E-state index is 11.7. The number of pyridine rings is 1. The van der Waals surface area contributed by atoms with E-state index in [1.54, 1.807) is 11.1 Å². The highest BCUT2D eigenvalue weighted by molar-refractivity contribution is 5.95. The van der Waals surface area contributed by atoms with Gasteiger partial charge < -0.3 is 5.73 Å². The first-order chi connectivity index (χ1) is 7.58. The molecule has 86 valence electrons. The Morgan fingerprint density at radius 3 is 2.88 bits per heavy atom. The maximum atomic E-state index is 11.7. The molecule has 1 aliphatic rings. The van der Waals surface area contributed by atoms with Crippen molar-refractivity contribution in [3.8, 4) is 0 Å². The van der Waals surface area contributed by atoms with Gasteiger partial charge in [0.2, 0.25) is 5.91 Å². The molecule has 1 unspecified atom stereocenters. The quantitative estimate of drug-likeness (QED) is 0.814. The van der Waals surface area contributed by atoms with Gasteiger partial charge in [-0.05, 0) is 23.6 Å². The molecule has 1 atom stereocenters. The van der Waals surface area contributed by atoms with Crippen molar-refractivity contribution >= 4 is 11.7 Å². The van der Waals surface area contributed by atoms with Crippen LogP contribution in [-0.4, -0.2) is 23.5 Å². The minimum absolute atomic E-state index is 0.0583. The van der Waals surface area contributed by atoms with Crippen LogP contribution in [0.25, 0.3) is 0 Å². The second-order valence-electron chi connectivity index (χ2n) is 4.57. The molecule has 1 fully saturated rings. The zero-order valence-electron chi connectivity index (χ0n) is 9.68. The molecule has 2 rings (SSSR count). The smallest absolute Gasteiger partial charge is 0.229 e. The molecule has 1 aliphatic heterocycles. The van der Waals surface area contributed by atoms with E-state index in [1.165, 1.54) is 5.56 Å². The fourth-order valence-corrected chi connectivity index (χ4v) is 1.90. The van der Waals surface area contributed by atoms with Gasteiger partial charge in [0.15, 0.2) is 0 Å². The minimum atomic E-state index is -0.0583. The van der Waals surface area contributed by atoms with E-state index in [1.807, 2.05) is 12.1 Å². The molecule has 1 aromatic heterocycles. The summed E-state index contributed by atoms with van der Waals surface area (Å²) in [6.45, 7) is 4.82. The van der Waals surface area contributed by atoms with Crippen LogP contribution in [0.5, 0.6) is 0 Å². The third-order valence-corrected chi connectivity index (χ3v) is 2.87. The summed E-state index contributed by atoms with van der Waals surface area (Å²) in [5.41, 5.74) is 6.95.